The molecule has 0 aliphatic heterocycles. The van der Waals surface area contributed by atoms with Gasteiger partial charge in [-0.25, -0.2) is 0 Å². The fraction of sp³-hybridized carbons (Fsp3) is 0.308. The summed E-state index contributed by atoms with van der Waals surface area (Å²) >= 11 is 0. The number of carbonyl (C=O) groups is 1. The molecule has 0 fully saturated rings. The van der Waals surface area contributed by atoms with Crippen LogP contribution in [0.4, 0.5) is 0 Å². The standard InChI is InChI=1S/C13H16O2/c1-3-7-12(10-13(14)15-2)11-8-5-4-6-9-11/h3-6,8-9,12H,1,7,10H2,2H3. The van der Waals surface area contributed by atoms with Gasteiger partial charge in [0.2, 0.25) is 0 Å². The summed E-state index contributed by atoms with van der Waals surface area (Å²) in [4.78, 5) is 11.2. The van der Waals surface area contributed by atoms with Crippen LogP contribution in [0.5, 0.6) is 0 Å². The van der Waals surface area contributed by atoms with Crippen LogP contribution in [0, 0.1) is 0 Å². The first kappa shape index (κ1) is 11.5. The molecule has 1 aromatic rings. The van der Waals surface area contributed by atoms with Crippen molar-refractivity contribution >= 4 is 5.97 Å². The molecule has 15 heavy (non-hydrogen) atoms. The number of carbonyl (C=O) groups excluding carboxylic acids is 1. The van der Waals surface area contributed by atoms with E-state index in [1.807, 2.05) is 36.4 Å². The Morgan fingerprint density at radius 2 is 2.13 bits per heavy atom. The van der Waals surface area contributed by atoms with Crippen LogP contribution in [0.15, 0.2) is 43.0 Å². The maximum Gasteiger partial charge on any atom is 0.306 e. The molecule has 0 heterocycles. The van der Waals surface area contributed by atoms with E-state index in [-0.39, 0.29) is 11.9 Å². The molecule has 0 N–H and O–H groups in total. The Morgan fingerprint density at radius 3 is 2.67 bits per heavy atom. The quantitative estimate of drug-likeness (QED) is 0.544. The molecular formula is C13H16O2. The Balaban J connectivity index is 2.74. The number of methoxy groups -OCH3 is 1. The van der Waals surface area contributed by atoms with Crippen LogP contribution in [0.1, 0.15) is 24.3 Å². The van der Waals surface area contributed by atoms with E-state index in [1.54, 1.807) is 0 Å². The highest BCUT2D eigenvalue weighted by Gasteiger charge is 2.14. The lowest BCUT2D eigenvalue weighted by atomic mass is 9.93. The van der Waals surface area contributed by atoms with Crippen molar-refractivity contribution in [3.63, 3.8) is 0 Å². The second-order valence-electron chi connectivity index (χ2n) is 3.41. The molecule has 80 valence electrons. The van der Waals surface area contributed by atoms with E-state index in [0.29, 0.717) is 6.42 Å². The number of rotatable bonds is 5. The van der Waals surface area contributed by atoms with Crippen LogP contribution in [0.3, 0.4) is 0 Å². The number of esters is 1. The predicted octanol–water partition coefficient (Wildman–Crippen LogP) is 2.91. The van der Waals surface area contributed by atoms with E-state index in [2.05, 4.69) is 11.3 Å². The van der Waals surface area contributed by atoms with Crippen LogP contribution in [0.2, 0.25) is 0 Å². The van der Waals surface area contributed by atoms with Gasteiger partial charge in [0.25, 0.3) is 0 Å². The zero-order valence-corrected chi connectivity index (χ0v) is 8.98. The van der Waals surface area contributed by atoms with Crippen molar-refractivity contribution in [3.8, 4) is 0 Å². The minimum absolute atomic E-state index is 0.175. The van der Waals surface area contributed by atoms with E-state index >= 15 is 0 Å². The largest absolute Gasteiger partial charge is 0.469 e. The average Bonchev–Trinajstić information content (AvgIpc) is 2.29. The molecule has 1 atom stereocenters. The lowest BCUT2D eigenvalue weighted by molar-refractivity contribution is -0.141. The van der Waals surface area contributed by atoms with E-state index in [1.165, 1.54) is 7.11 Å². The van der Waals surface area contributed by atoms with Gasteiger partial charge in [-0.05, 0) is 17.9 Å². The van der Waals surface area contributed by atoms with Crippen molar-refractivity contribution < 1.29 is 9.53 Å². The normalized spacial score (nSPS) is 11.8. The molecule has 1 unspecified atom stereocenters. The van der Waals surface area contributed by atoms with Gasteiger partial charge in [-0.2, -0.15) is 0 Å². The molecule has 1 aromatic carbocycles. The van der Waals surface area contributed by atoms with Crippen molar-refractivity contribution in [1.29, 1.82) is 0 Å². The third kappa shape index (κ3) is 3.58. The average molecular weight is 204 g/mol. The van der Waals surface area contributed by atoms with E-state index < -0.39 is 0 Å². The van der Waals surface area contributed by atoms with Gasteiger partial charge < -0.3 is 4.74 Å². The van der Waals surface area contributed by atoms with E-state index in [9.17, 15) is 4.79 Å². The first-order valence-corrected chi connectivity index (χ1v) is 5.00. The molecule has 0 radical (unpaired) electrons. The monoisotopic (exact) mass is 204 g/mol. The Kier molecular flexibility index (Phi) is 4.61. The molecular weight excluding hydrogens is 188 g/mol. The van der Waals surface area contributed by atoms with Crippen molar-refractivity contribution in [2.75, 3.05) is 7.11 Å². The van der Waals surface area contributed by atoms with Crippen LogP contribution in [0.25, 0.3) is 0 Å². The molecule has 2 nitrogen and oxygen atoms in total. The SMILES string of the molecule is C=CCC(CC(=O)OC)c1ccccc1. The molecule has 0 saturated heterocycles. The van der Waals surface area contributed by atoms with Gasteiger partial charge in [0.1, 0.15) is 0 Å². The van der Waals surface area contributed by atoms with Gasteiger partial charge in [0.05, 0.1) is 13.5 Å². The fourth-order valence-electron chi connectivity index (χ4n) is 1.55. The maximum atomic E-state index is 11.2. The van der Waals surface area contributed by atoms with Crippen molar-refractivity contribution in [2.45, 2.75) is 18.8 Å². The van der Waals surface area contributed by atoms with Gasteiger partial charge in [-0.1, -0.05) is 36.4 Å². The summed E-state index contributed by atoms with van der Waals surface area (Å²) in [5.74, 6) is 0.00172. The first-order valence-electron chi connectivity index (χ1n) is 5.00. The Labute approximate surface area is 90.6 Å². The zero-order chi connectivity index (χ0) is 11.1. The van der Waals surface area contributed by atoms with Crippen molar-refractivity contribution in [2.24, 2.45) is 0 Å². The number of benzene rings is 1. The lowest BCUT2D eigenvalue weighted by Crippen LogP contribution is -2.08. The molecule has 0 bridgehead atoms. The summed E-state index contributed by atoms with van der Waals surface area (Å²) in [5.41, 5.74) is 1.16. The highest BCUT2D eigenvalue weighted by atomic mass is 16.5. The van der Waals surface area contributed by atoms with Crippen LogP contribution in [-0.4, -0.2) is 13.1 Å². The second kappa shape index (κ2) is 6.02. The summed E-state index contributed by atoms with van der Waals surface area (Å²) in [5, 5.41) is 0. The lowest BCUT2D eigenvalue weighted by Gasteiger charge is -2.13. The number of allylic oxidation sites excluding steroid dienone is 1. The topological polar surface area (TPSA) is 26.3 Å². The summed E-state index contributed by atoms with van der Waals surface area (Å²) in [6, 6.07) is 9.96. The van der Waals surface area contributed by atoms with Gasteiger partial charge in [0.15, 0.2) is 0 Å². The maximum absolute atomic E-state index is 11.2. The minimum Gasteiger partial charge on any atom is -0.469 e. The van der Waals surface area contributed by atoms with E-state index in [4.69, 9.17) is 0 Å². The van der Waals surface area contributed by atoms with Gasteiger partial charge in [-0.15, -0.1) is 6.58 Å². The predicted molar refractivity (Wildman–Crippen MR) is 60.6 cm³/mol. The summed E-state index contributed by atoms with van der Waals surface area (Å²) in [6.07, 6.45) is 3.03. The molecule has 0 aliphatic rings. The third-order valence-electron chi connectivity index (χ3n) is 2.36. The zero-order valence-electron chi connectivity index (χ0n) is 8.98. The highest BCUT2D eigenvalue weighted by Crippen LogP contribution is 2.23. The summed E-state index contributed by atoms with van der Waals surface area (Å²) in [6.45, 7) is 3.71. The van der Waals surface area contributed by atoms with Gasteiger partial charge in [-0.3, -0.25) is 4.79 Å². The summed E-state index contributed by atoms with van der Waals surface area (Å²) < 4.78 is 4.68. The number of ether oxygens (including phenoxy) is 1. The van der Waals surface area contributed by atoms with Crippen molar-refractivity contribution in [3.05, 3.63) is 48.6 Å². The molecule has 0 saturated carbocycles. The first-order chi connectivity index (χ1) is 7.27. The van der Waals surface area contributed by atoms with E-state index in [0.717, 1.165) is 12.0 Å². The Morgan fingerprint density at radius 1 is 1.47 bits per heavy atom. The number of hydrogen-bond acceptors (Lipinski definition) is 2. The summed E-state index contributed by atoms with van der Waals surface area (Å²) in [7, 11) is 1.41. The fourth-order valence-corrected chi connectivity index (χ4v) is 1.55. The van der Waals surface area contributed by atoms with Crippen LogP contribution >= 0.6 is 0 Å². The molecule has 0 spiro atoms. The third-order valence-corrected chi connectivity index (χ3v) is 2.36. The Bertz CT molecular complexity index is 317. The highest BCUT2D eigenvalue weighted by molar-refractivity contribution is 5.70. The molecule has 0 amide bonds. The smallest absolute Gasteiger partial charge is 0.306 e. The van der Waals surface area contributed by atoms with Gasteiger partial charge in [0, 0.05) is 0 Å². The Hall–Kier alpha value is -1.57. The molecule has 2 heteroatoms. The second-order valence-corrected chi connectivity index (χ2v) is 3.41. The van der Waals surface area contributed by atoms with Gasteiger partial charge >= 0.3 is 5.97 Å². The van der Waals surface area contributed by atoms with Crippen molar-refractivity contribution in [1.82, 2.24) is 0 Å². The molecule has 1 rings (SSSR count). The van der Waals surface area contributed by atoms with Crippen LogP contribution in [-0.2, 0) is 9.53 Å². The molecule has 0 aliphatic carbocycles. The molecule has 0 aromatic heterocycles. The number of hydrogen-bond donors (Lipinski definition) is 0. The van der Waals surface area contributed by atoms with Crippen LogP contribution < -0.4 is 0 Å². The minimum atomic E-state index is -0.175.